The van der Waals surface area contributed by atoms with Gasteiger partial charge in [-0.1, -0.05) is 62.3 Å². The number of fused-ring (bicyclic) bond motifs is 10. The van der Waals surface area contributed by atoms with Crippen molar-refractivity contribution in [2.45, 2.75) is 289 Å². The maximum absolute atomic E-state index is 12.9. The van der Waals surface area contributed by atoms with Crippen LogP contribution in [0.1, 0.15) is 249 Å². The number of rotatable bonds is 16. The molecule has 0 aromatic rings. The van der Waals surface area contributed by atoms with E-state index in [1.54, 1.807) is 34.6 Å². The number of carbonyl (C=O) groups excluding carboxylic acids is 6. The van der Waals surface area contributed by atoms with Crippen molar-refractivity contribution in [3.63, 3.8) is 0 Å². The van der Waals surface area contributed by atoms with Crippen molar-refractivity contribution >= 4 is 45.9 Å². The zero-order chi connectivity index (χ0) is 63.5. The van der Waals surface area contributed by atoms with E-state index in [-0.39, 0.29) is 57.7 Å². The zero-order valence-corrected chi connectivity index (χ0v) is 56.9. The van der Waals surface area contributed by atoms with Crippen molar-refractivity contribution in [1.29, 1.82) is 0 Å². The predicted molar refractivity (Wildman–Crippen MR) is 323 cm³/mol. The minimum atomic E-state index is -3.53. The van der Waals surface area contributed by atoms with Gasteiger partial charge in [-0.05, 0) is 239 Å². The molecule has 9 aliphatic rings. The summed E-state index contributed by atoms with van der Waals surface area (Å²) in [5, 5.41) is -0.448. The monoisotopic (exact) mass is 1200 g/mol. The van der Waals surface area contributed by atoms with E-state index in [2.05, 4.69) is 55.4 Å². The van der Waals surface area contributed by atoms with E-state index in [4.69, 9.17) is 32.6 Å². The quantitative estimate of drug-likeness (QED) is 0.0611. The van der Waals surface area contributed by atoms with Crippen LogP contribution in [0.4, 0.5) is 0 Å². The predicted octanol–water partition coefficient (Wildman–Crippen LogP) is 14.0. The van der Waals surface area contributed by atoms with Crippen LogP contribution in [0.2, 0.25) is 0 Å². The molecule has 0 aromatic carbocycles. The standard InChI is InChI=1S/C21H34O2.C19H36O2.C15H22O7S.C13H22O4/c1-6-20(4,5)19(22)23-21(12(2)3)11-15-10-16(21)18-14-8-7-13(9-14)17(15)18;1-9-18(5,6)16(20)21-19(7,8)15-12-10-14(11-13-15)17(2,3)4;1-4-15(2,3)14(17)20-7-11(16)21-12-8-5-9-10(6-8)23(18,19)22-13(9)12;1-7-12(4,5)11(15)17-13(6)8(2)10(14)16-9(13)3/h12-18H,6-11H2,1-5H3;14-15H,9-13H2,1-8H3;8-10,12-13H,4-7H2,1-3H3;8-9H,7H2,1-6H3. The summed E-state index contributed by atoms with van der Waals surface area (Å²) in [5.74, 6) is 4.81. The van der Waals surface area contributed by atoms with E-state index in [0.717, 1.165) is 54.8 Å². The Labute approximate surface area is 507 Å². The molecule has 0 amide bonds. The van der Waals surface area contributed by atoms with Gasteiger partial charge in [-0.2, -0.15) is 8.42 Å². The van der Waals surface area contributed by atoms with Crippen LogP contribution in [-0.2, 0) is 71.5 Å². The van der Waals surface area contributed by atoms with Gasteiger partial charge in [0.05, 0.1) is 32.8 Å². The molecule has 2 saturated heterocycles. The highest BCUT2D eigenvalue weighted by Crippen LogP contribution is 2.71. The van der Waals surface area contributed by atoms with Crippen LogP contribution in [0.5, 0.6) is 0 Å². The molecule has 9 rings (SSSR count). The fourth-order valence-corrected chi connectivity index (χ4v) is 17.4. The molecule has 6 bridgehead atoms. The van der Waals surface area contributed by atoms with E-state index < -0.39 is 74.6 Å². The van der Waals surface area contributed by atoms with Gasteiger partial charge in [0.15, 0.2) is 12.2 Å². The summed E-state index contributed by atoms with van der Waals surface area (Å²) in [4.78, 5) is 72.5. The molecule has 7 saturated carbocycles. The Balaban J connectivity index is 0.000000181. The highest BCUT2D eigenvalue weighted by Gasteiger charge is 2.70. The van der Waals surface area contributed by atoms with Crippen molar-refractivity contribution in [1.82, 2.24) is 0 Å². The van der Waals surface area contributed by atoms with Crippen molar-refractivity contribution in [2.75, 3.05) is 6.61 Å². The lowest BCUT2D eigenvalue weighted by atomic mass is 9.63. The zero-order valence-electron chi connectivity index (χ0n) is 56.1. The van der Waals surface area contributed by atoms with Gasteiger partial charge in [0.25, 0.3) is 10.1 Å². The molecule has 0 spiro atoms. The topological polar surface area (TPSA) is 201 Å². The summed E-state index contributed by atoms with van der Waals surface area (Å²) in [6.07, 6.45) is 14.4. The molecule has 0 N–H and O–H groups in total. The van der Waals surface area contributed by atoms with Gasteiger partial charge in [0.1, 0.15) is 29.5 Å². The summed E-state index contributed by atoms with van der Waals surface area (Å²) in [5.41, 5.74) is -2.88. The highest BCUT2D eigenvalue weighted by atomic mass is 32.2. The van der Waals surface area contributed by atoms with Gasteiger partial charge in [-0.3, -0.25) is 28.2 Å². The second-order valence-corrected chi connectivity index (χ2v) is 33.8. The largest absolute Gasteiger partial charge is 0.459 e. The lowest BCUT2D eigenvalue weighted by Gasteiger charge is -2.49. The Kier molecular flexibility index (Phi) is 21.0. The van der Waals surface area contributed by atoms with Gasteiger partial charge in [-0.25, -0.2) is 4.79 Å². The van der Waals surface area contributed by atoms with E-state index in [1.165, 1.54) is 51.4 Å². The van der Waals surface area contributed by atoms with Crippen LogP contribution < -0.4 is 0 Å². The lowest BCUT2D eigenvalue weighted by Crippen LogP contribution is -2.52. The average molecular weight is 1200 g/mol. The summed E-state index contributed by atoms with van der Waals surface area (Å²) < 4.78 is 62.2. The molecular formula is C68H114O15S. The molecular weight excluding hydrogens is 1090 g/mol. The Hall–Kier alpha value is -3.27. The second-order valence-electron chi connectivity index (χ2n) is 32.0. The van der Waals surface area contributed by atoms with Crippen LogP contribution in [0.3, 0.4) is 0 Å². The van der Waals surface area contributed by atoms with Crippen LogP contribution in [-0.4, -0.2) is 91.2 Å². The minimum absolute atomic E-state index is 0.0130. The van der Waals surface area contributed by atoms with Crippen LogP contribution >= 0.6 is 0 Å². The molecule has 16 heteroatoms. The molecule has 0 radical (unpaired) electrons. The third kappa shape index (κ3) is 14.1. The normalized spacial score (nSPS) is 36.0. The first-order valence-corrected chi connectivity index (χ1v) is 34.2. The van der Waals surface area contributed by atoms with Gasteiger partial charge < -0.3 is 28.4 Å². The average Bonchev–Trinajstić information content (AvgIpc) is 1.61. The fraction of sp³-hybridized carbons (Fsp3) is 0.912. The lowest BCUT2D eigenvalue weighted by molar-refractivity contribution is -0.190. The molecule has 2 heterocycles. The number of carbonyl (C=O) groups is 6. The van der Waals surface area contributed by atoms with Gasteiger partial charge in [0, 0.05) is 17.8 Å². The Morgan fingerprint density at radius 1 is 0.619 bits per heavy atom. The number of ether oxygens (including phenoxy) is 6. The molecule has 9 fully saturated rings. The highest BCUT2D eigenvalue weighted by molar-refractivity contribution is 7.87. The summed E-state index contributed by atoms with van der Waals surface area (Å²) in [6, 6.07) is 0. The second kappa shape index (κ2) is 25.3. The maximum atomic E-state index is 12.9. The van der Waals surface area contributed by atoms with Crippen LogP contribution in [0, 0.1) is 98.1 Å². The molecule has 15 atom stereocenters. The first-order valence-electron chi connectivity index (χ1n) is 32.7. The molecule has 15 unspecified atom stereocenters. The van der Waals surface area contributed by atoms with E-state index in [9.17, 15) is 37.2 Å². The van der Waals surface area contributed by atoms with E-state index in [0.29, 0.717) is 48.9 Å². The molecule has 84 heavy (non-hydrogen) atoms. The Morgan fingerprint density at radius 3 is 1.62 bits per heavy atom. The van der Waals surface area contributed by atoms with Crippen molar-refractivity contribution in [3.8, 4) is 0 Å². The third-order valence-electron chi connectivity index (χ3n) is 23.7. The number of hydrogen-bond acceptors (Lipinski definition) is 15. The van der Waals surface area contributed by atoms with Gasteiger partial charge in [-0.15, -0.1) is 0 Å². The summed E-state index contributed by atoms with van der Waals surface area (Å²) in [6.45, 7) is 43.7. The maximum Gasteiger partial charge on any atom is 0.344 e. The van der Waals surface area contributed by atoms with E-state index >= 15 is 0 Å². The number of hydrogen-bond donors (Lipinski definition) is 0. The van der Waals surface area contributed by atoms with E-state index in [1.807, 2.05) is 62.3 Å². The van der Waals surface area contributed by atoms with Crippen molar-refractivity contribution < 1.29 is 69.8 Å². The number of cyclic esters (lactones) is 1. The number of esters is 6. The van der Waals surface area contributed by atoms with Crippen LogP contribution in [0.25, 0.3) is 0 Å². The summed E-state index contributed by atoms with van der Waals surface area (Å²) >= 11 is 0. The third-order valence-corrected chi connectivity index (χ3v) is 25.5. The van der Waals surface area contributed by atoms with Gasteiger partial charge in [0.2, 0.25) is 0 Å². The van der Waals surface area contributed by atoms with Gasteiger partial charge >= 0.3 is 35.8 Å². The summed E-state index contributed by atoms with van der Waals surface area (Å²) in [7, 11) is -3.53. The first kappa shape index (κ1) is 69.8. The Morgan fingerprint density at radius 2 is 1.12 bits per heavy atom. The SMILES string of the molecule is CCC(C)(C)C(=O)OC(C)(C)C1CCC(C(C)(C)C)CC1.CCC(C)(C)C(=O)OC1(C(C)C)CC2CC1C1C3CCC(C3)C21.CCC(C)(C)C(=O)OC1(C)C(C)OC(=O)C1C.CCC(C)(C)C(=O)OCC(=O)OC1C2CC3C1OS(=O)(=O)C3C2. The van der Waals surface area contributed by atoms with Crippen LogP contribution in [0.15, 0.2) is 0 Å². The molecule has 0 aromatic heterocycles. The smallest absolute Gasteiger partial charge is 0.344 e. The van der Waals surface area contributed by atoms with Crippen molar-refractivity contribution in [3.05, 3.63) is 0 Å². The van der Waals surface area contributed by atoms with Crippen molar-refractivity contribution in [2.24, 2.45) is 98.1 Å². The molecule has 15 nitrogen and oxygen atoms in total. The molecule has 7 aliphatic carbocycles. The fourth-order valence-electron chi connectivity index (χ4n) is 15.6. The first-order chi connectivity index (χ1) is 38.5. The molecule has 482 valence electrons. The Bertz CT molecular complexity index is 2490. The molecule has 2 aliphatic heterocycles. The minimum Gasteiger partial charge on any atom is -0.459 e.